The minimum absolute atomic E-state index is 0. The Morgan fingerprint density at radius 1 is 0.267 bits per heavy atom. The summed E-state index contributed by atoms with van der Waals surface area (Å²) in [5.41, 5.74) is 1.90. The predicted octanol–water partition coefficient (Wildman–Crippen LogP) is 21.4. The van der Waals surface area contributed by atoms with E-state index in [0.717, 1.165) is 36.8 Å². The van der Waals surface area contributed by atoms with Gasteiger partial charge in [-0.2, -0.15) is 0 Å². The van der Waals surface area contributed by atoms with E-state index in [1.165, 1.54) is 332 Å². The van der Waals surface area contributed by atoms with E-state index in [1.54, 1.807) is 12.1 Å². The van der Waals surface area contributed by atoms with Crippen LogP contribution in [0, 0.1) is 0 Å². The Balaban J connectivity index is 0.00000144. The molecule has 6 nitrogen and oxygen atoms in total. The molecular formula is C66H118BaO6S2. The van der Waals surface area contributed by atoms with Crippen molar-refractivity contribution in [3.05, 3.63) is 59.7 Å². The molecule has 432 valence electrons. The quantitative estimate of drug-likeness (QED) is 0.0370. The number of hydrogen-bond donors (Lipinski definition) is 0. The van der Waals surface area contributed by atoms with Crippen molar-refractivity contribution in [1.82, 2.24) is 0 Å². The normalized spacial score (nSPS) is 11.7. The van der Waals surface area contributed by atoms with Gasteiger partial charge in [-0.15, -0.1) is 0 Å². The summed E-state index contributed by atoms with van der Waals surface area (Å²) in [6.45, 7) is 4.58. The van der Waals surface area contributed by atoms with Crippen LogP contribution >= 0.6 is 0 Å². The molecule has 0 amide bonds. The van der Waals surface area contributed by atoms with Crippen molar-refractivity contribution in [2.24, 2.45) is 0 Å². The molecule has 0 radical (unpaired) electrons. The average molecular weight is 1210 g/mol. The van der Waals surface area contributed by atoms with Crippen molar-refractivity contribution in [2.45, 2.75) is 358 Å². The number of benzene rings is 2. The zero-order valence-corrected chi connectivity index (χ0v) is 55.4. The summed E-state index contributed by atoms with van der Waals surface area (Å²) < 4.78 is 66.7. The van der Waals surface area contributed by atoms with Crippen LogP contribution in [0.25, 0.3) is 0 Å². The molecule has 2 rings (SSSR count). The molecule has 0 bridgehead atoms. The molecule has 0 saturated carbocycles. The molecule has 9 heteroatoms. The smallest absolute Gasteiger partial charge is 0.744 e. The van der Waals surface area contributed by atoms with Crippen LogP contribution in [0.15, 0.2) is 58.3 Å². The maximum Gasteiger partial charge on any atom is 2.00 e. The first kappa shape index (κ1) is 74.8. The summed E-state index contributed by atoms with van der Waals surface area (Å²) in [6, 6.07) is 13.0. The largest absolute Gasteiger partial charge is 2.00 e. The van der Waals surface area contributed by atoms with E-state index >= 15 is 0 Å². The molecule has 75 heavy (non-hydrogen) atoms. The topological polar surface area (TPSA) is 114 Å². The van der Waals surface area contributed by atoms with E-state index < -0.39 is 20.2 Å². The molecule has 0 atom stereocenters. The Morgan fingerprint density at radius 2 is 0.427 bits per heavy atom. The summed E-state index contributed by atoms with van der Waals surface area (Å²) in [5, 5.41) is 0. The van der Waals surface area contributed by atoms with Crippen LogP contribution in [0.5, 0.6) is 0 Å². The van der Waals surface area contributed by atoms with Crippen LogP contribution in [0.3, 0.4) is 0 Å². The molecule has 0 fully saturated rings. The van der Waals surface area contributed by atoms with Crippen LogP contribution in [-0.2, 0) is 33.1 Å². The molecule has 0 aliphatic carbocycles. The van der Waals surface area contributed by atoms with E-state index in [4.69, 9.17) is 0 Å². The molecule has 0 heterocycles. The second kappa shape index (κ2) is 55.7. The number of aryl methyl sites for hydroxylation is 2. The molecule has 0 aliphatic rings. The fraction of sp³-hybridized carbons (Fsp3) is 0.818. The zero-order chi connectivity index (χ0) is 53.7. The summed E-state index contributed by atoms with van der Waals surface area (Å²) in [6.07, 6.45) is 71.2. The van der Waals surface area contributed by atoms with Crippen LogP contribution in [0.4, 0.5) is 0 Å². The first-order valence-electron chi connectivity index (χ1n) is 32.2. The summed E-state index contributed by atoms with van der Waals surface area (Å²) in [7, 11) is -8.69. The van der Waals surface area contributed by atoms with Gasteiger partial charge in [0, 0.05) is 0 Å². The van der Waals surface area contributed by atoms with Crippen molar-refractivity contribution in [3.8, 4) is 0 Å². The molecule has 2 aromatic rings. The van der Waals surface area contributed by atoms with Crippen molar-refractivity contribution < 1.29 is 25.9 Å². The average Bonchev–Trinajstić information content (AvgIpc) is 3.38. The standard InChI is InChI=1S/2C33H60O3S.Ba/c2*1-2-3-4-5-6-7-8-9-10-11-12-13-14-15-16-17-18-19-20-21-22-23-24-25-26-28-32-29-27-30-33(31-32)37(34,35)36;/h2*27,29-31H,2-26,28H2,1H3,(H,34,35,36);/q;;+2/p-2. The Kier molecular flexibility index (Phi) is 55.6. The van der Waals surface area contributed by atoms with Gasteiger partial charge in [0.15, 0.2) is 0 Å². The van der Waals surface area contributed by atoms with E-state index in [9.17, 15) is 25.9 Å². The Bertz CT molecular complexity index is 1590. The third-order valence-corrected chi connectivity index (χ3v) is 17.2. The molecule has 0 N–H and O–H groups in total. The SMILES string of the molecule is CCCCCCCCCCCCCCCCCCCCCCCCCCCc1cccc(S(=O)(=O)[O-])c1.CCCCCCCCCCCCCCCCCCCCCCCCCCCc1cccc(S(=O)(=O)[O-])c1.[Ba+2]. The monoisotopic (exact) mass is 1210 g/mol. The minimum atomic E-state index is -4.34. The fourth-order valence-electron chi connectivity index (χ4n) is 10.6. The fourth-order valence-corrected chi connectivity index (χ4v) is 11.7. The molecule has 0 spiro atoms. The summed E-state index contributed by atoms with van der Waals surface area (Å²) in [5.74, 6) is 0. The van der Waals surface area contributed by atoms with Crippen LogP contribution < -0.4 is 0 Å². The molecular weight excluding hydrogens is 1090 g/mol. The third-order valence-electron chi connectivity index (χ3n) is 15.5. The third kappa shape index (κ3) is 51.7. The Morgan fingerprint density at radius 3 is 0.587 bits per heavy atom. The number of rotatable bonds is 54. The van der Waals surface area contributed by atoms with Gasteiger partial charge in [-0.25, -0.2) is 16.8 Å². The van der Waals surface area contributed by atoms with Crippen molar-refractivity contribution in [3.63, 3.8) is 0 Å². The first-order valence-corrected chi connectivity index (χ1v) is 35.0. The van der Waals surface area contributed by atoms with Gasteiger partial charge < -0.3 is 9.11 Å². The number of unbranched alkanes of at least 4 members (excludes halogenated alkanes) is 48. The first-order chi connectivity index (χ1) is 36.1. The Hall–Kier alpha value is -0.169. The minimum Gasteiger partial charge on any atom is -0.744 e. The second-order valence-electron chi connectivity index (χ2n) is 22.7. The molecule has 0 unspecified atom stereocenters. The number of hydrogen-bond acceptors (Lipinski definition) is 6. The van der Waals surface area contributed by atoms with Gasteiger partial charge in [-0.3, -0.25) is 0 Å². The van der Waals surface area contributed by atoms with Crippen LogP contribution in [0.1, 0.15) is 346 Å². The van der Waals surface area contributed by atoms with Gasteiger partial charge in [0.2, 0.25) is 0 Å². The van der Waals surface area contributed by atoms with Crippen molar-refractivity contribution in [2.75, 3.05) is 0 Å². The van der Waals surface area contributed by atoms with Gasteiger partial charge in [-0.1, -0.05) is 346 Å². The van der Waals surface area contributed by atoms with Gasteiger partial charge in [0.25, 0.3) is 0 Å². The maximum atomic E-state index is 11.1. The van der Waals surface area contributed by atoms with Gasteiger partial charge in [0.1, 0.15) is 20.2 Å². The predicted molar refractivity (Wildman–Crippen MR) is 324 cm³/mol. The van der Waals surface area contributed by atoms with Crippen LogP contribution in [-0.4, -0.2) is 74.8 Å². The molecule has 0 saturated heterocycles. The summed E-state index contributed by atoms with van der Waals surface area (Å²) >= 11 is 0. The van der Waals surface area contributed by atoms with Gasteiger partial charge >= 0.3 is 48.9 Å². The molecule has 0 aliphatic heterocycles. The molecule has 2 aromatic carbocycles. The summed E-state index contributed by atoms with van der Waals surface area (Å²) in [4.78, 5) is -0.214. The van der Waals surface area contributed by atoms with Crippen molar-refractivity contribution >= 4 is 69.1 Å². The van der Waals surface area contributed by atoms with Crippen molar-refractivity contribution in [1.29, 1.82) is 0 Å². The van der Waals surface area contributed by atoms with E-state index in [2.05, 4.69) is 13.8 Å². The van der Waals surface area contributed by atoms with Gasteiger partial charge in [0.05, 0.1) is 9.79 Å². The zero-order valence-electron chi connectivity index (χ0n) is 49.4. The molecule has 0 aromatic heterocycles. The van der Waals surface area contributed by atoms with Gasteiger partial charge in [-0.05, 0) is 61.1 Å². The Labute approximate surface area is 507 Å². The second-order valence-corrected chi connectivity index (χ2v) is 25.4. The van der Waals surface area contributed by atoms with E-state index in [-0.39, 0.29) is 58.7 Å². The van der Waals surface area contributed by atoms with Crippen LogP contribution in [0.2, 0.25) is 0 Å². The maximum absolute atomic E-state index is 11.1. The van der Waals surface area contributed by atoms with E-state index in [0.29, 0.717) is 0 Å². The van der Waals surface area contributed by atoms with E-state index in [1.807, 2.05) is 12.1 Å².